The number of nitro benzene ring substituents is 1. The third-order valence-corrected chi connectivity index (χ3v) is 3.30. The van der Waals surface area contributed by atoms with Crippen LogP contribution in [0.4, 0.5) is 10.1 Å². The van der Waals surface area contributed by atoms with E-state index in [1.54, 1.807) is 6.07 Å². The van der Waals surface area contributed by atoms with E-state index in [1.165, 1.54) is 36.5 Å². The van der Waals surface area contributed by atoms with Crippen molar-refractivity contribution in [2.45, 2.75) is 0 Å². The second-order valence-electron chi connectivity index (χ2n) is 4.18. The molecule has 112 valence electrons. The molecule has 22 heavy (non-hydrogen) atoms. The zero-order valence-corrected chi connectivity index (χ0v) is 12.6. The van der Waals surface area contributed by atoms with Gasteiger partial charge in [-0.15, -0.1) is 0 Å². The largest absolute Gasteiger partial charge is 0.284 e. The van der Waals surface area contributed by atoms with Gasteiger partial charge in [-0.05, 0) is 40.2 Å². The van der Waals surface area contributed by atoms with E-state index in [4.69, 9.17) is 0 Å². The molecule has 0 aromatic heterocycles. The number of benzene rings is 2. The molecule has 0 spiro atoms. The van der Waals surface area contributed by atoms with Gasteiger partial charge in [-0.25, -0.2) is 9.82 Å². The second-order valence-corrected chi connectivity index (χ2v) is 5.03. The average Bonchev–Trinajstić information content (AvgIpc) is 2.48. The Hall–Kier alpha value is -2.61. The molecule has 0 radical (unpaired) electrons. The number of rotatable bonds is 4. The highest BCUT2D eigenvalue weighted by Gasteiger charge is 2.11. The van der Waals surface area contributed by atoms with Crippen molar-refractivity contribution in [1.29, 1.82) is 0 Å². The van der Waals surface area contributed by atoms with Gasteiger partial charge in [-0.2, -0.15) is 5.10 Å². The molecule has 0 saturated carbocycles. The van der Waals surface area contributed by atoms with Crippen molar-refractivity contribution in [2.24, 2.45) is 5.10 Å². The molecule has 0 aliphatic heterocycles. The van der Waals surface area contributed by atoms with Crippen molar-refractivity contribution in [2.75, 3.05) is 0 Å². The molecule has 2 aromatic rings. The first kappa shape index (κ1) is 15.8. The average molecular weight is 366 g/mol. The molecule has 2 aromatic carbocycles. The fourth-order valence-corrected chi connectivity index (χ4v) is 2.00. The van der Waals surface area contributed by atoms with Crippen LogP contribution in [0.1, 0.15) is 15.9 Å². The predicted molar refractivity (Wildman–Crippen MR) is 82.3 cm³/mol. The van der Waals surface area contributed by atoms with Gasteiger partial charge in [0.1, 0.15) is 5.82 Å². The minimum absolute atomic E-state index is 0.111. The van der Waals surface area contributed by atoms with E-state index >= 15 is 0 Å². The van der Waals surface area contributed by atoms with Crippen LogP contribution < -0.4 is 5.43 Å². The maximum Gasteiger partial charge on any atom is 0.284 e. The Kier molecular flexibility index (Phi) is 4.95. The summed E-state index contributed by atoms with van der Waals surface area (Å²) in [5, 5.41) is 14.5. The Labute approximate surface area is 132 Å². The van der Waals surface area contributed by atoms with Crippen molar-refractivity contribution in [3.8, 4) is 0 Å². The highest BCUT2D eigenvalue weighted by atomic mass is 79.9. The van der Waals surface area contributed by atoms with E-state index < -0.39 is 16.6 Å². The molecule has 0 bridgehead atoms. The molecule has 1 N–H and O–H groups in total. The van der Waals surface area contributed by atoms with Gasteiger partial charge in [-0.1, -0.05) is 12.1 Å². The van der Waals surface area contributed by atoms with E-state index in [-0.39, 0.29) is 11.3 Å². The minimum Gasteiger partial charge on any atom is -0.267 e. The van der Waals surface area contributed by atoms with E-state index in [9.17, 15) is 19.3 Å². The first-order valence-corrected chi connectivity index (χ1v) is 6.79. The minimum atomic E-state index is -0.581. The lowest BCUT2D eigenvalue weighted by Gasteiger charge is -2.00. The number of hydrogen-bond acceptors (Lipinski definition) is 4. The van der Waals surface area contributed by atoms with E-state index in [2.05, 4.69) is 26.5 Å². The van der Waals surface area contributed by atoms with E-state index in [0.29, 0.717) is 10.0 Å². The Bertz CT molecular complexity index is 765. The highest BCUT2D eigenvalue weighted by Crippen LogP contribution is 2.24. The quantitative estimate of drug-likeness (QED) is 0.512. The molecule has 0 aliphatic rings. The lowest BCUT2D eigenvalue weighted by Crippen LogP contribution is -2.17. The van der Waals surface area contributed by atoms with Crippen molar-refractivity contribution in [3.63, 3.8) is 0 Å². The van der Waals surface area contributed by atoms with Crippen LogP contribution in [-0.4, -0.2) is 17.0 Å². The number of halogens is 2. The maximum atomic E-state index is 13.0. The summed E-state index contributed by atoms with van der Waals surface area (Å²) < 4.78 is 13.3. The number of hydrogen-bond donors (Lipinski definition) is 1. The summed E-state index contributed by atoms with van der Waals surface area (Å²) in [4.78, 5) is 22.0. The van der Waals surface area contributed by atoms with Gasteiger partial charge in [0.05, 0.1) is 15.6 Å². The van der Waals surface area contributed by atoms with Crippen molar-refractivity contribution < 1.29 is 14.1 Å². The van der Waals surface area contributed by atoms with Crippen molar-refractivity contribution >= 4 is 33.7 Å². The van der Waals surface area contributed by atoms with Gasteiger partial charge >= 0.3 is 0 Å². The summed E-state index contributed by atoms with van der Waals surface area (Å²) in [7, 11) is 0. The van der Waals surface area contributed by atoms with Crippen LogP contribution in [0.15, 0.2) is 52.0 Å². The first-order chi connectivity index (χ1) is 10.5. The van der Waals surface area contributed by atoms with Gasteiger partial charge < -0.3 is 0 Å². The van der Waals surface area contributed by atoms with Crippen LogP contribution >= 0.6 is 15.9 Å². The molecule has 0 heterocycles. The molecule has 8 heteroatoms. The number of carbonyl (C=O) groups is 1. The molecule has 0 aliphatic carbocycles. The van der Waals surface area contributed by atoms with Crippen LogP contribution in [0.3, 0.4) is 0 Å². The smallest absolute Gasteiger partial charge is 0.267 e. The Morgan fingerprint density at radius 3 is 2.77 bits per heavy atom. The van der Waals surface area contributed by atoms with Crippen LogP contribution in [0, 0.1) is 15.9 Å². The van der Waals surface area contributed by atoms with Gasteiger partial charge in [0, 0.05) is 17.2 Å². The van der Waals surface area contributed by atoms with Crippen LogP contribution in [0.2, 0.25) is 0 Å². The van der Waals surface area contributed by atoms with Gasteiger partial charge in [0.15, 0.2) is 0 Å². The molecule has 0 fully saturated rings. The predicted octanol–water partition coefficient (Wildman–Crippen LogP) is 3.26. The van der Waals surface area contributed by atoms with Crippen LogP contribution in [0.5, 0.6) is 0 Å². The number of nitrogens with one attached hydrogen (secondary N) is 1. The summed E-state index contributed by atoms with van der Waals surface area (Å²) in [6.45, 7) is 0. The summed E-state index contributed by atoms with van der Waals surface area (Å²) in [5.74, 6) is -1.11. The van der Waals surface area contributed by atoms with Gasteiger partial charge in [0.25, 0.3) is 11.6 Å². The number of hydrazone groups is 1. The fraction of sp³-hybridized carbons (Fsp3) is 0. The molecule has 0 atom stereocenters. The standard InChI is InChI=1S/C14H9BrFN3O3/c15-12-5-4-9(6-13(12)19(21)22)8-17-18-14(20)10-2-1-3-11(16)7-10/h1-8H,(H,18,20)/b17-8-. The number of nitro groups is 1. The number of carbonyl (C=O) groups excluding carboxylic acids is 1. The lowest BCUT2D eigenvalue weighted by molar-refractivity contribution is -0.385. The van der Waals surface area contributed by atoms with Crippen LogP contribution in [-0.2, 0) is 0 Å². The molecule has 6 nitrogen and oxygen atoms in total. The molecule has 0 saturated heterocycles. The van der Waals surface area contributed by atoms with E-state index in [1.807, 2.05) is 0 Å². The second kappa shape index (κ2) is 6.90. The Balaban J connectivity index is 2.08. The normalized spacial score (nSPS) is 10.6. The zero-order valence-electron chi connectivity index (χ0n) is 11.0. The summed E-state index contributed by atoms with van der Waals surface area (Å²) in [5.41, 5.74) is 2.67. The van der Waals surface area contributed by atoms with Crippen molar-refractivity contribution in [1.82, 2.24) is 5.43 Å². The summed E-state index contributed by atoms with van der Waals surface area (Å²) >= 11 is 3.07. The lowest BCUT2D eigenvalue weighted by atomic mass is 10.2. The fourth-order valence-electron chi connectivity index (χ4n) is 1.61. The number of nitrogens with zero attached hydrogens (tertiary/aromatic N) is 2. The van der Waals surface area contributed by atoms with Gasteiger partial charge in [0.2, 0.25) is 0 Å². The Morgan fingerprint density at radius 1 is 1.32 bits per heavy atom. The maximum absolute atomic E-state index is 13.0. The number of amides is 1. The van der Waals surface area contributed by atoms with Crippen molar-refractivity contribution in [3.05, 3.63) is 74.0 Å². The molecule has 2 rings (SSSR count). The molecule has 0 unspecified atom stereocenters. The summed E-state index contributed by atoms with van der Waals surface area (Å²) in [6, 6.07) is 9.56. The molecular weight excluding hydrogens is 357 g/mol. The molecule has 1 amide bonds. The molecular formula is C14H9BrFN3O3. The Morgan fingerprint density at radius 2 is 2.09 bits per heavy atom. The zero-order chi connectivity index (χ0) is 16.1. The third kappa shape index (κ3) is 3.95. The van der Waals surface area contributed by atoms with E-state index in [0.717, 1.165) is 6.07 Å². The van der Waals surface area contributed by atoms with Gasteiger partial charge in [-0.3, -0.25) is 14.9 Å². The highest BCUT2D eigenvalue weighted by molar-refractivity contribution is 9.10. The first-order valence-electron chi connectivity index (χ1n) is 6.00. The monoisotopic (exact) mass is 365 g/mol. The SMILES string of the molecule is O=C(N/N=C\c1ccc(Br)c([N+](=O)[O-])c1)c1cccc(F)c1. The topological polar surface area (TPSA) is 84.6 Å². The summed E-state index contributed by atoms with van der Waals surface area (Å²) in [6.07, 6.45) is 1.26. The third-order valence-electron chi connectivity index (χ3n) is 2.63. The van der Waals surface area contributed by atoms with Crippen LogP contribution in [0.25, 0.3) is 0 Å².